The van der Waals surface area contributed by atoms with Gasteiger partial charge >= 0.3 is 0 Å². The number of ether oxygens (including phenoxy) is 1. The maximum atomic E-state index is 13.1. The number of sulfonamides is 1. The Morgan fingerprint density at radius 1 is 1.13 bits per heavy atom. The molecule has 30 heavy (non-hydrogen) atoms. The molecule has 162 valence electrons. The van der Waals surface area contributed by atoms with Gasteiger partial charge in [0.05, 0.1) is 18.0 Å². The first-order valence-corrected chi connectivity index (χ1v) is 11.7. The van der Waals surface area contributed by atoms with Crippen LogP contribution in [0.1, 0.15) is 31.4 Å². The first kappa shape index (κ1) is 22.6. The molecule has 3 rings (SSSR count). The van der Waals surface area contributed by atoms with Crippen molar-refractivity contribution in [2.75, 3.05) is 27.2 Å². The van der Waals surface area contributed by atoms with E-state index in [9.17, 15) is 13.2 Å². The molecule has 6 nitrogen and oxygen atoms in total. The molecule has 1 amide bonds. The Morgan fingerprint density at radius 3 is 2.33 bits per heavy atom. The topological polar surface area (TPSA) is 66.9 Å². The van der Waals surface area contributed by atoms with Gasteiger partial charge in [-0.2, -0.15) is 4.31 Å². The number of nitrogens with zero attached hydrogens (tertiary/aromatic N) is 2. The molecule has 0 saturated carbocycles. The lowest BCUT2D eigenvalue weighted by molar-refractivity contribution is -0.137. The average Bonchev–Trinajstić information content (AvgIpc) is 2.78. The molecule has 0 aromatic heterocycles. The highest BCUT2D eigenvalue weighted by Gasteiger charge is 2.34. The maximum absolute atomic E-state index is 13.1. The van der Waals surface area contributed by atoms with Crippen LogP contribution < -0.4 is 4.74 Å². The summed E-state index contributed by atoms with van der Waals surface area (Å²) in [5.74, 6) is 0.564. The summed E-state index contributed by atoms with van der Waals surface area (Å²) in [4.78, 5) is 15.0. The summed E-state index contributed by atoms with van der Waals surface area (Å²) in [5, 5.41) is 0.491. The van der Waals surface area contributed by atoms with Crippen LogP contribution in [0.25, 0.3) is 0 Å². The first-order valence-electron chi connectivity index (χ1n) is 9.91. The molecule has 1 aliphatic heterocycles. The second kappa shape index (κ2) is 9.37. The number of rotatable bonds is 6. The molecule has 1 fully saturated rings. The molecule has 8 heteroatoms. The summed E-state index contributed by atoms with van der Waals surface area (Å²) in [6.45, 7) is 2.60. The van der Waals surface area contributed by atoms with Crippen LogP contribution in [-0.4, -0.2) is 50.8 Å². The lowest BCUT2D eigenvalue weighted by Crippen LogP contribution is -2.44. The van der Waals surface area contributed by atoms with E-state index in [-0.39, 0.29) is 22.8 Å². The smallest absolute Gasteiger partial charge is 0.243 e. The highest BCUT2D eigenvalue weighted by molar-refractivity contribution is 7.89. The third kappa shape index (κ3) is 4.63. The van der Waals surface area contributed by atoms with E-state index in [1.165, 1.54) is 16.4 Å². The number of hydrogen-bond donors (Lipinski definition) is 0. The minimum Gasteiger partial charge on any atom is -0.496 e. The predicted octanol–water partition coefficient (Wildman–Crippen LogP) is 3.97. The minimum atomic E-state index is -3.58. The van der Waals surface area contributed by atoms with E-state index in [1.807, 2.05) is 31.2 Å². The number of amides is 1. The average molecular weight is 451 g/mol. The van der Waals surface area contributed by atoms with Crippen LogP contribution in [0, 0.1) is 5.92 Å². The van der Waals surface area contributed by atoms with Crippen molar-refractivity contribution in [3.05, 3.63) is 59.1 Å². The highest BCUT2D eigenvalue weighted by atomic mass is 35.5. The Kier molecular flexibility index (Phi) is 7.06. The van der Waals surface area contributed by atoms with Crippen LogP contribution in [0.5, 0.6) is 5.75 Å². The van der Waals surface area contributed by atoms with Crippen molar-refractivity contribution < 1.29 is 17.9 Å². The number of para-hydroxylation sites is 1. The number of hydrogen-bond acceptors (Lipinski definition) is 4. The van der Waals surface area contributed by atoms with Crippen LogP contribution in [0.3, 0.4) is 0 Å². The summed E-state index contributed by atoms with van der Waals surface area (Å²) < 4.78 is 32.6. The molecule has 0 N–H and O–H groups in total. The number of carbonyl (C=O) groups excluding carboxylic acids is 1. The van der Waals surface area contributed by atoms with E-state index in [0.29, 0.717) is 31.0 Å². The molecule has 1 atom stereocenters. The largest absolute Gasteiger partial charge is 0.496 e. The number of halogens is 1. The minimum absolute atomic E-state index is 0.0250. The molecule has 1 aliphatic rings. The molecule has 0 spiro atoms. The molecular weight excluding hydrogens is 424 g/mol. The number of methoxy groups -OCH3 is 1. The van der Waals surface area contributed by atoms with Gasteiger partial charge in [0.25, 0.3) is 0 Å². The van der Waals surface area contributed by atoms with Gasteiger partial charge in [-0.05, 0) is 50.1 Å². The summed E-state index contributed by atoms with van der Waals surface area (Å²) >= 11 is 5.86. The lowest BCUT2D eigenvalue weighted by Gasteiger charge is -2.34. The molecule has 2 aromatic rings. The monoisotopic (exact) mass is 450 g/mol. The van der Waals surface area contributed by atoms with Gasteiger partial charge in [-0.3, -0.25) is 4.79 Å². The number of benzene rings is 2. The zero-order valence-electron chi connectivity index (χ0n) is 17.4. The van der Waals surface area contributed by atoms with Crippen molar-refractivity contribution >= 4 is 27.5 Å². The van der Waals surface area contributed by atoms with E-state index in [0.717, 1.165) is 11.3 Å². The second-order valence-corrected chi connectivity index (χ2v) is 9.87. The van der Waals surface area contributed by atoms with Crippen LogP contribution in [-0.2, 0) is 14.8 Å². The Hall–Kier alpha value is -2.09. The number of carbonyl (C=O) groups is 1. The van der Waals surface area contributed by atoms with Gasteiger partial charge in [0.1, 0.15) is 5.75 Å². The maximum Gasteiger partial charge on any atom is 0.243 e. The van der Waals surface area contributed by atoms with Crippen molar-refractivity contribution in [1.82, 2.24) is 9.21 Å². The zero-order valence-corrected chi connectivity index (χ0v) is 19.0. The fourth-order valence-electron chi connectivity index (χ4n) is 3.80. The third-order valence-corrected chi connectivity index (χ3v) is 7.94. The van der Waals surface area contributed by atoms with Gasteiger partial charge < -0.3 is 9.64 Å². The van der Waals surface area contributed by atoms with Crippen LogP contribution >= 0.6 is 11.6 Å². The first-order chi connectivity index (χ1) is 14.3. The molecule has 1 unspecified atom stereocenters. The summed E-state index contributed by atoms with van der Waals surface area (Å²) in [6.07, 6.45) is 0.989. The van der Waals surface area contributed by atoms with Gasteiger partial charge in [-0.25, -0.2) is 8.42 Å². The Morgan fingerprint density at radius 2 is 1.73 bits per heavy atom. The van der Waals surface area contributed by atoms with Gasteiger partial charge in [-0.15, -0.1) is 0 Å². The highest BCUT2D eigenvalue weighted by Crippen LogP contribution is 2.31. The van der Waals surface area contributed by atoms with Gasteiger partial charge in [0.15, 0.2) is 0 Å². The molecule has 2 aromatic carbocycles. The second-order valence-electron chi connectivity index (χ2n) is 7.50. The van der Waals surface area contributed by atoms with Crippen LogP contribution in [0.15, 0.2) is 53.4 Å². The van der Waals surface area contributed by atoms with Crippen molar-refractivity contribution in [3.63, 3.8) is 0 Å². The van der Waals surface area contributed by atoms with Crippen LogP contribution in [0.4, 0.5) is 0 Å². The molecule has 0 radical (unpaired) electrons. The Balaban J connectivity index is 1.65. The van der Waals surface area contributed by atoms with Crippen molar-refractivity contribution in [2.24, 2.45) is 5.92 Å². The standard InChI is InChI=1S/C22H27ClN2O4S/c1-16(20-6-4-5-7-21(20)29-3)24(2)22(26)17-12-14-25(15-13-17)30(27,28)19-10-8-18(23)9-11-19/h4-11,16-17H,12-15H2,1-3H3. The summed E-state index contributed by atoms with van der Waals surface area (Å²) in [6, 6.07) is 13.7. The van der Waals surface area contributed by atoms with E-state index in [2.05, 4.69) is 0 Å². The molecule has 1 saturated heterocycles. The molecular formula is C22H27ClN2O4S. The van der Waals surface area contributed by atoms with Gasteiger partial charge in [0.2, 0.25) is 15.9 Å². The summed E-state index contributed by atoms with van der Waals surface area (Å²) in [7, 11) is -0.180. The normalized spacial score (nSPS) is 16.8. The summed E-state index contributed by atoms with van der Waals surface area (Å²) in [5.41, 5.74) is 0.943. The van der Waals surface area contributed by atoms with Gasteiger partial charge in [0, 0.05) is 36.6 Å². The Labute approximate surface area is 183 Å². The van der Waals surface area contributed by atoms with Crippen molar-refractivity contribution in [3.8, 4) is 5.75 Å². The van der Waals surface area contributed by atoms with Crippen molar-refractivity contribution in [2.45, 2.75) is 30.7 Å². The van der Waals surface area contributed by atoms with E-state index in [1.54, 1.807) is 31.2 Å². The van der Waals surface area contributed by atoms with E-state index < -0.39 is 10.0 Å². The predicted molar refractivity (Wildman–Crippen MR) is 117 cm³/mol. The zero-order chi connectivity index (χ0) is 21.9. The molecule has 1 heterocycles. The van der Waals surface area contributed by atoms with E-state index in [4.69, 9.17) is 16.3 Å². The molecule has 0 bridgehead atoms. The fourth-order valence-corrected chi connectivity index (χ4v) is 5.39. The third-order valence-electron chi connectivity index (χ3n) is 5.77. The van der Waals surface area contributed by atoms with Crippen LogP contribution in [0.2, 0.25) is 5.02 Å². The SMILES string of the molecule is COc1ccccc1C(C)N(C)C(=O)C1CCN(S(=O)(=O)c2ccc(Cl)cc2)CC1. The Bertz CT molecular complexity index is 986. The van der Waals surface area contributed by atoms with E-state index >= 15 is 0 Å². The molecule has 0 aliphatic carbocycles. The lowest BCUT2D eigenvalue weighted by atomic mass is 9.95. The van der Waals surface area contributed by atoms with Crippen molar-refractivity contribution in [1.29, 1.82) is 0 Å². The quantitative estimate of drug-likeness (QED) is 0.667. The number of piperidine rings is 1. The van der Waals surface area contributed by atoms with Gasteiger partial charge in [-0.1, -0.05) is 29.8 Å². The fraction of sp³-hybridized carbons (Fsp3) is 0.409.